The van der Waals surface area contributed by atoms with Crippen molar-refractivity contribution < 1.29 is 8.42 Å². The van der Waals surface area contributed by atoms with Gasteiger partial charge in [0.2, 0.25) is 0 Å². The fraction of sp³-hybridized carbons (Fsp3) is 0.700. The smallest absolute Gasteiger partial charge is 0.175 e. The Bertz CT molecular complexity index is 778. The van der Waals surface area contributed by atoms with Crippen LogP contribution in [0.25, 0.3) is 0 Å². The van der Waals surface area contributed by atoms with Crippen molar-refractivity contribution in [2.45, 2.75) is 41.9 Å². The molecule has 1 saturated carbocycles. The highest BCUT2D eigenvalue weighted by atomic mass is 127. The molecule has 3 rings (SSSR count). The molecule has 0 spiro atoms. The van der Waals surface area contributed by atoms with Crippen molar-refractivity contribution in [3.8, 4) is 0 Å². The van der Waals surface area contributed by atoms with Gasteiger partial charge in [-0.25, -0.2) is 8.42 Å². The van der Waals surface area contributed by atoms with Crippen molar-refractivity contribution in [2.24, 2.45) is 11.8 Å². The first-order valence-corrected chi connectivity index (χ1v) is 13.3. The molecular weight excluding hydrogens is 495 g/mol. The van der Waals surface area contributed by atoms with Gasteiger partial charge in [-0.2, -0.15) is 0 Å². The molecular formula is C20H30ClIN2O2S. The Morgan fingerprint density at radius 1 is 1.19 bits per heavy atom. The van der Waals surface area contributed by atoms with Gasteiger partial charge in [0, 0.05) is 42.9 Å². The maximum Gasteiger partial charge on any atom is 0.175 e. The molecule has 1 aromatic carbocycles. The van der Waals surface area contributed by atoms with E-state index in [1.165, 1.54) is 32.1 Å². The zero-order chi connectivity index (χ0) is 19.8. The summed E-state index contributed by atoms with van der Waals surface area (Å²) in [5, 5.41) is 0.641. The first-order valence-electron chi connectivity index (χ1n) is 9.76. The van der Waals surface area contributed by atoms with Crippen molar-refractivity contribution in [2.75, 3.05) is 43.9 Å². The van der Waals surface area contributed by atoms with Crippen LogP contribution in [0.2, 0.25) is 5.02 Å². The normalized spacial score (nSPS) is 27.7. The van der Waals surface area contributed by atoms with Crippen molar-refractivity contribution in [1.29, 1.82) is 0 Å². The Labute approximate surface area is 182 Å². The number of hydrogen-bond acceptors (Lipinski definition) is 4. The van der Waals surface area contributed by atoms with Gasteiger partial charge in [-0.15, -0.1) is 0 Å². The van der Waals surface area contributed by atoms with Gasteiger partial charge in [0.05, 0.1) is 15.6 Å². The summed E-state index contributed by atoms with van der Waals surface area (Å²) in [6, 6.07) is 3.54. The molecule has 1 aliphatic heterocycles. The maximum atomic E-state index is 12.1. The molecule has 0 aromatic heterocycles. The second-order valence-electron chi connectivity index (χ2n) is 8.32. The standard InChI is InChI=1S/C20H30ClIN2O2S/c1-14-4-5-18(22)16(10-14)13-23-6-8-24(9-7-23)19-12-20(27(3,25)26)15(2)11-17(19)21/h11-12,14,16,18H,4-10,13H2,1-3H3/t14-,16-,18+/m0/s1. The predicted octanol–water partition coefficient (Wildman–Crippen LogP) is 4.41. The van der Waals surface area contributed by atoms with E-state index in [1.807, 2.05) is 0 Å². The van der Waals surface area contributed by atoms with Crippen molar-refractivity contribution in [3.05, 3.63) is 22.7 Å². The van der Waals surface area contributed by atoms with E-state index in [4.69, 9.17) is 11.6 Å². The van der Waals surface area contributed by atoms with E-state index in [0.717, 1.165) is 47.6 Å². The Morgan fingerprint density at radius 2 is 1.85 bits per heavy atom. The Hall–Kier alpha value is -0.0500. The topological polar surface area (TPSA) is 40.6 Å². The molecule has 1 aromatic rings. The molecule has 2 aliphatic rings. The van der Waals surface area contributed by atoms with Crippen LogP contribution < -0.4 is 4.90 Å². The molecule has 0 unspecified atom stereocenters. The number of sulfone groups is 1. The molecule has 1 saturated heterocycles. The third kappa shape index (κ3) is 5.31. The van der Waals surface area contributed by atoms with Crippen LogP contribution in [-0.2, 0) is 9.84 Å². The summed E-state index contributed by atoms with van der Waals surface area (Å²) in [7, 11) is -3.25. The number of anilines is 1. The molecule has 3 atom stereocenters. The lowest BCUT2D eigenvalue weighted by molar-refractivity contribution is 0.181. The lowest BCUT2D eigenvalue weighted by atomic mass is 9.82. The second kappa shape index (κ2) is 8.76. The molecule has 2 fully saturated rings. The van der Waals surface area contributed by atoms with Gasteiger partial charge in [-0.05, 0) is 55.7 Å². The number of halogens is 2. The zero-order valence-corrected chi connectivity index (χ0v) is 20.1. The molecule has 0 amide bonds. The van der Waals surface area contributed by atoms with E-state index in [0.29, 0.717) is 15.5 Å². The van der Waals surface area contributed by atoms with E-state index >= 15 is 0 Å². The lowest BCUT2D eigenvalue weighted by Gasteiger charge is -2.40. The molecule has 0 bridgehead atoms. The van der Waals surface area contributed by atoms with Crippen molar-refractivity contribution in [3.63, 3.8) is 0 Å². The van der Waals surface area contributed by atoms with E-state index in [9.17, 15) is 8.42 Å². The molecule has 1 heterocycles. The summed E-state index contributed by atoms with van der Waals surface area (Å²) in [6.45, 7) is 9.16. The van der Waals surface area contributed by atoms with Crippen LogP contribution >= 0.6 is 34.2 Å². The quantitative estimate of drug-likeness (QED) is 0.432. The molecule has 27 heavy (non-hydrogen) atoms. The average Bonchev–Trinajstić information content (AvgIpc) is 2.58. The van der Waals surface area contributed by atoms with Gasteiger partial charge >= 0.3 is 0 Å². The molecule has 0 radical (unpaired) electrons. The highest BCUT2D eigenvalue weighted by Gasteiger charge is 2.30. The number of rotatable bonds is 4. The maximum absolute atomic E-state index is 12.1. The van der Waals surface area contributed by atoms with Crippen molar-refractivity contribution in [1.82, 2.24) is 4.90 Å². The Kier molecular flexibility index (Phi) is 7.02. The van der Waals surface area contributed by atoms with Gasteiger partial charge in [-0.3, -0.25) is 4.90 Å². The highest BCUT2D eigenvalue weighted by molar-refractivity contribution is 14.1. The Balaban J connectivity index is 1.66. The third-order valence-corrected chi connectivity index (χ3v) is 9.18. The molecule has 152 valence electrons. The minimum absolute atomic E-state index is 0.383. The van der Waals surface area contributed by atoms with Gasteiger partial charge < -0.3 is 4.90 Å². The molecule has 4 nitrogen and oxygen atoms in total. The minimum Gasteiger partial charge on any atom is -0.368 e. The number of piperazine rings is 1. The molecule has 0 N–H and O–H groups in total. The number of alkyl halides is 1. The monoisotopic (exact) mass is 524 g/mol. The predicted molar refractivity (Wildman–Crippen MR) is 122 cm³/mol. The van der Waals surface area contributed by atoms with E-state index in [1.54, 1.807) is 19.1 Å². The van der Waals surface area contributed by atoms with Gasteiger partial charge in [0.25, 0.3) is 0 Å². The number of hydrogen-bond donors (Lipinski definition) is 0. The van der Waals surface area contributed by atoms with Crippen LogP contribution in [0.4, 0.5) is 5.69 Å². The number of aryl methyl sites for hydroxylation is 1. The fourth-order valence-electron chi connectivity index (χ4n) is 4.44. The highest BCUT2D eigenvalue weighted by Crippen LogP contribution is 2.35. The summed E-state index contributed by atoms with van der Waals surface area (Å²) in [5.41, 5.74) is 1.56. The molecule has 1 aliphatic carbocycles. The van der Waals surface area contributed by atoms with Crippen molar-refractivity contribution >= 4 is 49.7 Å². The summed E-state index contributed by atoms with van der Waals surface area (Å²) in [4.78, 5) is 5.19. The SMILES string of the molecule is Cc1cc(Cl)c(N2CCN(C[C@@H]3C[C@@H](C)CC[C@H]3I)CC2)cc1S(C)(=O)=O. The van der Waals surface area contributed by atoms with E-state index in [-0.39, 0.29) is 0 Å². The van der Waals surface area contributed by atoms with Crippen LogP contribution in [0.3, 0.4) is 0 Å². The van der Waals surface area contributed by atoms with Crippen LogP contribution in [0, 0.1) is 18.8 Å². The first kappa shape index (κ1) is 21.7. The van der Waals surface area contributed by atoms with Crippen LogP contribution in [-0.4, -0.2) is 56.2 Å². The lowest BCUT2D eigenvalue weighted by Crippen LogP contribution is -2.49. The largest absolute Gasteiger partial charge is 0.368 e. The van der Waals surface area contributed by atoms with Gasteiger partial charge in [-0.1, -0.05) is 41.1 Å². The molecule has 7 heteroatoms. The zero-order valence-electron chi connectivity index (χ0n) is 16.4. The average molecular weight is 525 g/mol. The van der Waals surface area contributed by atoms with Gasteiger partial charge in [0.15, 0.2) is 9.84 Å². The summed E-state index contributed by atoms with van der Waals surface area (Å²) < 4.78 is 24.9. The summed E-state index contributed by atoms with van der Waals surface area (Å²) in [5.74, 6) is 1.64. The third-order valence-electron chi connectivity index (χ3n) is 6.00. The number of nitrogens with zero attached hydrogens (tertiary/aromatic N) is 2. The fourth-order valence-corrected chi connectivity index (χ4v) is 6.63. The van der Waals surface area contributed by atoms with E-state index in [2.05, 4.69) is 39.3 Å². The summed E-state index contributed by atoms with van der Waals surface area (Å²) in [6.07, 6.45) is 5.32. The summed E-state index contributed by atoms with van der Waals surface area (Å²) >= 11 is 9.11. The first-order chi connectivity index (χ1) is 12.6. The van der Waals surface area contributed by atoms with Crippen LogP contribution in [0.1, 0.15) is 31.7 Å². The van der Waals surface area contributed by atoms with E-state index < -0.39 is 9.84 Å². The second-order valence-corrected chi connectivity index (χ2v) is 12.3. The minimum atomic E-state index is -3.25. The van der Waals surface area contributed by atoms with Gasteiger partial charge in [0.1, 0.15) is 0 Å². The Morgan fingerprint density at radius 3 is 2.48 bits per heavy atom. The van der Waals surface area contributed by atoms with Crippen LogP contribution in [0.5, 0.6) is 0 Å². The number of benzene rings is 1. The van der Waals surface area contributed by atoms with Crippen LogP contribution in [0.15, 0.2) is 17.0 Å².